The Kier molecular flexibility index (Phi) is 4.32. The predicted molar refractivity (Wildman–Crippen MR) is 68.7 cm³/mol. The molecule has 18 heavy (non-hydrogen) atoms. The molecule has 1 N–H and O–H groups in total. The number of amides is 1. The molecule has 1 fully saturated rings. The van der Waals surface area contributed by atoms with E-state index in [4.69, 9.17) is 5.26 Å². The van der Waals surface area contributed by atoms with Gasteiger partial charge in [-0.1, -0.05) is 30.3 Å². The van der Waals surface area contributed by atoms with Crippen molar-refractivity contribution >= 4 is 5.91 Å². The van der Waals surface area contributed by atoms with Crippen molar-refractivity contribution in [2.45, 2.75) is 18.9 Å². The average molecular weight is 243 g/mol. The number of piperazine rings is 1. The van der Waals surface area contributed by atoms with E-state index >= 15 is 0 Å². The largest absolute Gasteiger partial charge is 0.340 e. The minimum atomic E-state index is -0.320. The molecule has 1 saturated heterocycles. The summed E-state index contributed by atoms with van der Waals surface area (Å²) in [5.41, 5.74) is 1.24. The van der Waals surface area contributed by atoms with Crippen LogP contribution in [0.4, 0.5) is 0 Å². The van der Waals surface area contributed by atoms with Crippen LogP contribution < -0.4 is 5.32 Å². The Bertz CT molecular complexity index is 438. The Labute approximate surface area is 107 Å². The van der Waals surface area contributed by atoms with E-state index in [1.165, 1.54) is 5.56 Å². The van der Waals surface area contributed by atoms with Crippen LogP contribution in [-0.2, 0) is 11.2 Å². The van der Waals surface area contributed by atoms with Crippen LogP contribution in [0.3, 0.4) is 0 Å². The van der Waals surface area contributed by atoms with Crippen LogP contribution in [0.2, 0.25) is 0 Å². The molecular formula is C14H17N3O. The molecule has 0 spiro atoms. The maximum absolute atomic E-state index is 12.0. The molecule has 2 rings (SSSR count). The fourth-order valence-corrected chi connectivity index (χ4v) is 2.17. The van der Waals surface area contributed by atoms with Crippen LogP contribution in [0.5, 0.6) is 0 Å². The lowest BCUT2D eigenvalue weighted by molar-refractivity contribution is -0.135. The summed E-state index contributed by atoms with van der Waals surface area (Å²) in [5, 5.41) is 11.8. The highest BCUT2D eigenvalue weighted by molar-refractivity contribution is 5.82. The molecule has 1 heterocycles. The third-order valence-electron chi connectivity index (χ3n) is 3.19. The molecule has 1 unspecified atom stereocenters. The van der Waals surface area contributed by atoms with E-state index in [1.54, 1.807) is 0 Å². The van der Waals surface area contributed by atoms with Gasteiger partial charge in [0.2, 0.25) is 5.91 Å². The van der Waals surface area contributed by atoms with Gasteiger partial charge in [-0.3, -0.25) is 4.79 Å². The van der Waals surface area contributed by atoms with Crippen LogP contribution in [-0.4, -0.2) is 36.5 Å². The van der Waals surface area contributed by atoms with Gasteiger partial charge in [0.25, 0.3) is 0 Å². The molecule has 0 aliphatic carbocycles. The van der Waals surface area contributed by atoms with Gasteiger partial charge in [-0.05, 0) is 12.0 Å². The lowest BCUT2D eigenvalue weighted by Crippen LogP contribution is -2.55. The van der Waals surface area contributed by atoms with Crippen molar-refractivity contribution in [1.29, 1.82) is 5.26 Å². The predicted octanol–water partition coefficient (Wildman–Crippen LogP) is 0.943. The van der Waals surface area contributed by atoms with Crippen LogP contribution >= 0.6 is 0 Å². The fourth-order valence-electron chi connectivity index (χ4n) is 2.17. The zero-order valence-electron chi connectivity index (χ0n) is 10.3. The van der Waals surface area contributed by atoms with Gasteiger partial charge in [0.15, 0.2) is 0 Å². The maximum Gasteiger partial charge on any atom is 0.240 e. The molecule has 1 aromatic rings. The minimum Gasteiger partial charge on any atom is -0.340 e. The molecule has 0 bridgehead atoms. The van der Waals surface area contributed by atoms with Crippen molar-refractivity contribution in [3.63, 3.8) is 0 Å². The van der Waals surface area contributed by atoms with Crippen molar-refractivity contribution in [3.05, 3.63) is 35.9 Å². The van der Waals surface area contributed by atoms with E-state index in [2.05, 4.69) is 23.5 Å². The first kappa shape index (κ1) is 12.6. The molecule has 0 radical (unpaired) electrons. The summed E-state index contributed by atoms with van der Waals surface area (Å²) in [7, 11) is 0. The summed E-state index contributed by atoms with van der Waals surface area (Å²) in [4.78, 5) is 13.9. The molecule has 0 saturated carbocycles. The SMILES string of the molecule is N#CCC1NCCN(CCc2ccccc2)C1=O. The van der Waals surface area contributed by atoms with E-state index in [9.17, 15) is 4.79 Å². The van der Waals surface area contributed by atoms with E-state index in [-0.39, 0.29) is 18.4 Å². The molecule has 4 heteroatoms. The summed E-state index contributed by atoms with van der Waals surface area (Å²) in [6.07, 6.45) is 1.12. The van der Waals surface area contributed by atoms with Crippen molar-refractivity contribution in [2.75, 3.05) is 19.6 Å². The maximum atomic E-state index is 12.0. The van der Waals surface area contributed by atoms with Crippen molar-refractivity contribution in [3.8, 4) is 6.07 Å². The Morgan fingerprint density at radius 3 is 2.89 bits per heavy atom. The molecule has 1 atom stereocenters. The highest BCUT2D eigenvalue weighted by atomic mass is 16.2. The monoisotopic (exact) mass is 243 g/mol. The lowest BCUT2D eigenvalue weighted by Gasteiger charge is -2.32. The number of nitrogens with zero attached hydrogens (tertiary/aromatic N) is 2. The number of benzene rings is 1. The van der Waals surface area contributed by atoms with E-state index in [1.807, 2.05) is 23.1 Å². The second-order valence-electron chi connectivity index (χ2n) is 4.43. The molecule has 94 valence electrons. The highest BCUT2D eigenvalue weighted by Gasteiger charge is 2.27. The van der Waals surface area contributed by atoms with E-state index in [0.29, 0.717) is 0 Å². The van der Waals surface area contributed by atoms with E-state index < -0.39 is 0 Å². The van der Waals surface area contributed by atoms with Crippen LogP contribution in [0.25, 0.3) is 0 Å². The van der Waals surface area contributed by atoms with Gasteiger partial charge >= 0.3 is 0 Å². The molecule has 1 aromatic carbocycles. The second-order valence-corrected chi connectivity index (χ2v) is 4.43. The molecular weight excluding hydrogens is 226 g/mol. The molecule has 4 nitrogen and oxygen atoms in total. The zero-order valence-corrected chi connectivity index (χ0v) is 10.3. The lowest BCUT2D eigenvalue weighted by atomic mass is 10.1. The molecule has 0 aromatic heterocycles. The Balaban J connectivity index is 1.89. The normalized spacial score (nSPS) is 19.6. The number of nitrogens with one attached hydrogen (secondary N) is 1. The third kappa shape index (κ3) is 3.08. The van der Waals surface area contributed by atoms with Gasteiger partial charge in [0, 0.05) is 19.6 Å². The number of nitriles is 1. The first-order valence-corrected chi connectivity index (χ1v) is 6.24. The highest BCUT2D eigenvalue weighted by Crippen LogP contribution is 2.07. The number of carbonyl (C=O) groups is 1. The first-order chi connectivity index (χ1) is 8.81. The first-order valence-electron chi connectivity index (χ1n) is 6.24. The Morgan fingerprint density at radius 1 is 1.39 bits per heavy atom. The van der Waals surface area contributed by atoms with Crippen molar-refractivity contribution < 1.29 is 4.79 Å². The summed E-state index contributed by atoms with van der Waals surface area (Å²) in [6.45, 7) is 2.23. The smallest absolute Gasteiger partial charge is 0.240 e. The number of carbonyl (C=O) groups excluding carboxylic acids is 1. The van der Waals surface area contributed by atoms with Crippen LogP contribution in [0.15, 0.2) is 30.3 Å². The number of rotatable bonds is 4. The summed E-state index contributed by atoms with van der Waals surface area (Å²) < 4.78 is 0. The average Bonchev–Trinajstić information content (AvgIpc) is 2.41. The van der Waals surface area contributed by atoms with E-state index in [0.717, 1.165) is 26.1 Å². The summed E-state index contributed by atoms with van der Waals surface area (Å²) in [5.74, 6) is 0.0544. The number of hydrogen-bond acceptors (Lipinski definition) is 3. The van der Waals surface area contributed by atoms with Gasteiger partial charge in [-0.15, -0.1) is 0 Å². The van der Waals surface area contributed by atoms with Gasteiger partial charge in [0.1, 0.15) is 6.04 Å². The molecule has 1 aliphatic rings. The minimum absolute atomic E-state index is 0.0544. The molecule has 1 aliphatic heterocycles. The van der Waals surface area contributed by atoms with Gasteiger partial charge in [-0.25, -0.2) is 0 Å². The Morgan fingerprint density at radius 2 is 2.17 bits per heavy atom. The van der Waals surface area contributed by atoms with Crippen LogP contribution in [0.1, 0.15) is 12.0 Å². The Hall–Kier alpha value is -1.86. The summed E-state index contributed by atoms with van der Waals surface area (Å²) >= 11 is 0. The second kappa shape index (κ2) is 6.18. The van der Waals surface area contributed by atoms with Crippen molar-refractivity contribution in [1.82, 2.24) is 10.2 Å². The quantitative estimate of drug-likeness (QED) is 0.856. The van der Waals surface area contributed by atoms with Crippen molar-refractivity contribution in [2.24, 2.45) is 0 Å². The zero-order chi connectivity index (χ0) is 12.8. The van der Waals surface area contributed by atoms with Gasteiger partial charge in [-0.2, -0.15) is 5.26 Å². The van der Waals surface area contributed by atoms with Gasteiger partial charge in [0.05, 0.1) is 12.5 Å². The number of hydrogen-bond donors (Lipinski definition) is 1. The fraction of sp³-hybridized carbons (Fsp3) is 0.429. The van der Waals surface area contributed by atoms with Crippen LogP contribution in [0, 0.1) is 11.3 Å². The third-order valence-corrected chi connectivity index (χ3v) is 3.19. The topological polar surface area (TPSA) is 56.1 Å². The van der Waals surface area contributed by atoms with Gasteiger partial charge < -0.3 is 10.2 Å². The summed E-state index contributed by atoms with van der Waals surface area (Å²) in [6, 6.07) is 11.9. The standard InChI is InChI=1S/C14H17N3O/c15-8-6-13-14(18)17(11-9-16-13)10-7-12-4-2-1-3-5-12/h1-5,13,16H,6-7,9-11H2. The molecule has 1 amide bonds.